The number of nitrogens with zero attached hydrogens (tertiary/aromatic N) is 4. The van der Waals surface area contributed by atoms with Gasteiger partial charge in [0.25, 0.3) is 0 Å². The minimum Gasteiger partial charge on any atom is -0.490 e. The molecule has 1 N–H and O–H groups in total. The summed E-state index contributed by atoms with van der Waals surface area (Å²) in [7, 11) is -1.52. The van der Waals surface area contributed by atoms with Crippen LogP contribution in [0.25, 0.3) is 0 Å². The Balaban J connectivity index is 1.38. The van der Waals surface area contributed by atoms with Crippen LogP contribution in [0.15, 0.2) is 24.4 Å². The lowest BCUT2D eigenvalue weighted by Crippen LogP contribution is -2.39. The molecular weight excluding hydrogens is 526 g/mol. The van der Waals surface area contributed by atoms with Crippen molar-refractivity contribution in [3.8, 4) is 11.5 Å². The first-order valence-electron chi connectivity index (χ1n) is 13.0. The Morgan fingerprint density at radius 1 is 1.13 bits per heavy atom. The van der Waals surface area contributed by atoms with Crippen molar-refractivity contribution in [3.05, 3.63) is 30.1 Å². The van der Waals surface area contributed by atoms with E-state index >= 15 is 0 Å². The van der Waals surface area contributed by atoms with E-state index < -0.39 is 16.0 Å². The Kier molecular flexibility index (Phi) is 9.01. The number of hydrogen-bond donors (Lipinski definition) is 1. The zero-order valence-corrected chi connectivity index (χ0v) is 23.9. The third-order valence-corrected chi connectivity index (χ3v) is 8.30. The number of carbonyl (C=O) groups excluding carboxylic acids is 1. The Morgan fingerprint density at radius 2 is 1.87 bits per heavy atom. The number of hydroxylamine groups is 2. The zero-order chi connectivity index (χ0) is 28.2. The SMILES string of the molecule is COc1c(OC2CCN(OC(=O)OC(C)C)CC2)ccnc1Nc1ccc(N2CCC(S(C)(=O)=O)C2)nc1C. The van der Waals surface area contributed by atoms with Gasteiger partial charge in [0.1, 0.15) is 11.9 Å². The van der Waals surface area contributed by atoms with E-state index in [0.29, 0.717) is 62.8 Å². The summed E-state index contributed by atoms with van der Waals surface area (Å²) in [5.41, 5.74) is 1.49. The molecule has 0 aliphatic carbocycles. The van der Waals surface area contributed by atoms with E-state index in [1.165, 1.54) is 6.26 Å². The molecule has 1 atom stereocenters. The fraction of sp³-hybridized carbons (Fsp3) is 0.577. The number of sulfone groups is 1. The van der Waals surface area contributed by atoms with Gasteiger partial charge in [0, 0.05) is 57.5 Å². The van der Waals surface area contributed by atoms with Crippen LogP contribution in [0.1, 0.15) is 38.8 Å². The molecule has 4 heterocycles. The maximum atomic E-state index is 11.9. The molecule has 2 aliphatic heterocycles. The van der Waals surface area contributed by atoms with Crippen molar-refractivity contribution in [2.24, 2.45) is 0 Å². The molecule has 0 bridgehead atoms. The number of ether oxygens (including phenoxy) is 3. The Bertz CT molecular complexity index is 1270. The number of piperidine rings is 1. The molecule has 0 aromatic carbocycles. The van der Waals surface area contributed by atoms with Gasteiger partial charge in [-0.05, 0) is 39.3 Å². The van der Waals surface area contributed by atoms with E-state index in [1.54, 1.807) is 38.3 Å². The van der Waals surface area contributed by atoms with Gasteiger partial charge in [0.2, 0.25) is 5.75 Å². The first-order chi connectivity index (χ1) is 18.5. The molecule has 1 unspecified atom stereocenters. The number of aromatic nitrogens is 2. The predicted molar refractivity (Wildman–Crippen MR) is 146 cm³/mol. The molecular formula is C26H37N5O7S. The van der Waals surface area contributed by atoms with Gasteiger partial charge in [0.15, 0.2) is 21.4 Å². The highest BCUT2D eigenvalue weighted by atomic mass is 32.2. The van der Waals surface area contributed by atoms with Gasteiger partial charge in [-0.25, -0.2) is 23.2 Å². The first kappa shape index (κ1) is 28.7. The highest BCUT2D eigenvalue weighted by Gasteiger charge is 2.31. The lowest BCUT2D eigenvalue weighted by atomic mass is 10.1. The summed E-state index contributed by atoms with van der Waals surface area (Å²) in [6, 6.07) is 5.53. The second-order valence-corrected chi connectivity index (χ2v) is 12.4. The molecule has 39 heavy (non-hydrogen) atoms. The van der Waals surface area contributed by atoms with Crippen molar-refractivity contribution < 1.29 is 32.3 Å². The highest BCUT2D eigenvalue weighted by molar-refractivity contribution is 7.91. The topological polar surface area (TPSA) is 132 Å². The molecule has 0 radical (unpaired) electrons. The van der Waals surface area contributed by atoms with Gasteiger partial charge in [-0.1, -0.05) is 0 Å². The van der Waals surface area contributed by atoms with Crippen molar-refractivity contribution in [1.82, 2.24) is 15.0 Å². The third kappa shape index (κ3) is 7.41. The summed E-state index contributed by atoms with van der Waals surface area (Å²) in [6.07, 6.45) is 3.82. The van der Waals surface area contributed by atoms with E-state index in [4.69, 9.17) is 24.0 Å². The van der Waals surface area contributed by atoms with Gasteiger partial charge >= 0.3 is 6.16 Å². The average Bonchev–Trinajstić information content (AvgIpc) is 3.37. The van der Waals surface area contributed by atoms with Crippen LogP contribution in [0.5, 0.6) is 11.5 Å². The summed E-state index contributed by atoms with van der Waals surface area (Å²) in [4.78, 5) is 28.1. The second-order valence-electron chi connectivity index (χ2n) is 10.1. The Labute approximate surface area is 229 Å². The van der Waals surface area contributed by atoms with E-state index in [-0.39, 0.29) is 17.5 Å². The van der Waals surface area contributed by atoms with Gasteiger partial charge in [0.05, 0.1) is 29.8 Å². The van der Waals surface area contributed by atoms with E-state index in [2.05, 4.69) is 10.3 Å². The molecule has 2 fully saturated rings. The number of nitrogens with one attached hydrogen (secondary N) is 1. The van der Waals surface area contributed by atoms with Crippen molar-refractivity contribution in [2.45, 2.75) is 57.5 Å². The number of pyridine rings is 2. The molecule has 4 rings (SSSR count). The van der Waals surface area contributed by atoms with Crippen LogP contribution in [0, 0.1) is 6.92 Å². The van der Waals surface area contributed by atoms with Crippen molar-refractivity contribution >= 4 is 33.3 Å². The van der Waals surface area contributed by atoms with Crippen LogP contribution >= 0.6 is 0 Å². The number of aryl methyl sites for hydroxylation is 1. The molecule has 214 valence electrons. The van der Waals surface area contributed by atoms with Gasteiger partial charge in [-0.2, -0.15) is 0 Å². The fourth-order valence-electron chi connectivity index (χ4n) is 4.62. The van der Waals surface area contributed by atoms with E-state index in [9.17, 15) is 13.2 Å². The van der Waals surface area contributed by atoms with Crippen LogP contribution in [0.3, 0.4) is 0 Å². The monoisotopic (exact) mass is 563 g/mol. The zero-order valence-electron chi connectivity index (χ0n) is 23.0. The smallest absolute Gasteiger partial charge is 0.490 e. The molecule has 0 amide bonds. The van der Waals surface area contributed by atoms with Crippen LogP contribution in [0.2, 0.25) is 0 Å². The summed E-state index contributed by atoms with van der Waals surface area (Å²) in [6.45, 7) is 7.57. The highest BCUT2D eigenvalue weighted by Crippen LogP contribution is 2.37. The van der Waals surface area contributed by atoms with Crippen LogP contribution in [0.4, 0.5) is 22.1 Å². The largest absolute Gasteiger partial charge is 0.528 e. The Hall–Kier alpha value is -3.32. The normalized spacial score (nSPS) is 18.7. The first-order valence-corrected chi connectivity index (χ1v) is 15.0. The molecule has 13 heteroatoms. The summed E-state index contributed by atoms with van der Waals surface area (Å²) in [5.74, 6) is 2.26. The molecule has 12 nitrogen and oxygen atoms in total. The van der Waals surface area contributed by atoms with E-state index in [1.807, 2.05) is 24.0 Å². The van der Waals surface area contributed by atoms with Crippen LogP contribution in [-0.2, 0) is 19.4 Å². The van der Waals surface area contributed by atoms with Gasteiger partial charge < -0.3 is 29.3 Å². The van der Waals surface area contributed by atoms with Crippen molar-refractivity contribution in [3.63, 3.8) is 0 Å². The standard InChI is InChI=1S/C26H37N5O7S/c1-17(2)36-26(32)38-31-14-9-19(10-15-31)37-22-8-12-27-25(24(22)35-4)29-21-6-7-23(28-18(21)3)30-13-11-20(16-30)39(5,33)34/h6-8,12,17,19-20H,9-11,13-16H2,1-5H3,(H,27,29). The molecule has 2 saturated heterocycles. The van der Waals surface area contributed by atoms with Crippen LogP contribution < -0.4 is 19.7 Å². The Morgan fingerprint density at radius 3 is 2.49 bits per heavy atom. The lowest BCUT2D eigenvalue weighted by Gasteiger charge is -2.30. The molecule has 0 saturated carbocycles. The predicted octanol–water partition coefficient (Wildman–Crippen LogP) is 3.48. The third-order valence-electron chi connectivity index (χ3n) is 6.70. The van der Waals surface area contributed by atoms with Crippen molar-refractivity contribution in [1.29, 1.82) is 0 Å². The second kappa shape index (κ2) is 12.2. The number of anilines is 3. The number of methoxy groups -OCH3 is 1. The molecule has 2 aromatic heterocycles. The summed E-state index contributed by atoms with van der Waals surface area (Å²) >= 11 is 0. The maximum absolute atomic E-state index is 11.9. The number of carbonyl (C=O) groups is 1. The minimum absolute atomic E-state index is 0.0889. The minimum atomic E-state index is -3.08. The quantitative estimate of drug-likeness (QED) is 0.448. The summed E-state index contributed by atoms with van der Waals surface area (Å²) in [5, 5.41) is 4.51. The summed E-state index contributed by atoms with van der Waals surface area (Å²) < 4.78 is 40.8. The molecule has 2 aliphatic rings. The van der Waals surface area contributed by atoms with Crippen molar-refractivity contribution in [2.75, 3.05) is 49.8 Å². The van der Waals surface area contributed by atoms with E-state index in [0.717, 1.165) is 17.2 Å². The number of hydrogen-bond acceptors (Lipinski definition) is 12. The average molecular weight is 564 g/mol. The lowest BCUT2D eigenvalue weighted by molar-refractivity contribution is -0.151. The van der Waals surface area contributed by atoms with Gasteiger partial charge in [-0.15, -0.1) is 5.06 Å². The van der Waals surface area contributed by atoms with Crippen LogP contribution in [-0.4, -0.2) is 86.6 Å². The van der Waals surface area contributed by atoms with Gasteiger partial charge in [-0.3, -0.25) is 0 Å². The number of rotatable bonds is 9. The fourth-order valence-corrected chi connectivity index (χ4v) is 5.60. The molecule has 2 aromatic rings. The molecule has 0 spiro atoms. The maximum Gasteiger partial charge on any atom is 0.528 e.